The van der Waals surface area contributed by atoms with Crippen LogP contribution >= 0.6 is 11.6 Å². The number of anilines is 1. The fraction of sp³-hybridized carbons (Fsp3) is 0.310. The molecule has 0 bridgehead atoms. The Morgan fingerprint density at radius 3 is 2.16 bits per heavy atom. The molecule has 1 N–H and O–H groups in total. The van der Waals surface area contributed by atoms with E-state index in [0.717, 1.165) is 9.87 Å². The quantitative estimate of drug-likeness (QED) is 0.394. The molecule has 0 saturated heterocycles. The van der Waals surface area contributed by atoms with Crippen molar-refractivity contribution in [2.75, 3.05) is 10.8 Å². The molecule has 0 aliphatic carbocycles. The van der Waals surface area contributed by atoms with Crippen LogP contribution in [0, 0.1) is 6.92 Å². The molecule has 2 amide bonds. The van der Waals surface area contributed by atoms with Gasteiger partial charge in [0.1, 0.15) is 12.6 Å². The van der Waals surface area contributed by atoms with E-state index < -0.39 is 34.1 Å². The van der Waals surface area contributed by atoms with Crippen molar-refractivity contribution in [2.45, 2.75) is 57.6 Å². The fourth-order valence-electron chi connectivity index (χ4n) is 3.85. The Balaban J connectivity index is 2.02. The number of hydrogen-bond acceptors (Lipinski definition) is 4. The number of aryl methyl sites for hydroxylation is 1. The second kappa shape index (κ2) is 12.0. The lowest BCUT2D eigenvalue weighted by atomic mass is 10.1. The first-order valence-electron chi connectivity index (χ1n) is 12.3. The molecule has 0 aromatic heterocycles. The van der Waals surface area contributed by atoms with E-state index in [-0.39, 0.29) is 17.3 Å². The number of benzene rings is 3. The Hall–Kier alpha value is -3.36. The van der Waals surface area contributed by atoms with Crippen molar-refractivity contribution in [1.29, 1.82) is 0 Å². The van der Waals surface area contributed by atoms with Crippen molar-refractivity contribution >= 4 is 39.1 Å². The van der Waals surface area contributed by atoms with Gasteiger partial charge in [0.2, 0.25) is 11.8 Å². The van der Waals surface area contributed by atoms with Crippen LogP contribution < -0.4 is 9.62 Å². The van der Waals surface area contributed by atoms with Crippen LogP contribution in [0.15, 0.2) is 83.8 Å². The number of amides is 2. The maximum Gasteiger partial charge on any atom is 0.264 e. The largest absolute Gasteiger partial charge is 0.350 e. The van der Waals surface area contributed by atoms with Gasteiger partial charge in [0.05, 0.1) is 10.6 Å². The Morgan fingerprint density at radius 1 is 0.947 bits per heavy atom. The number of hydrogen-bond donors (Lipinski definition) is 1. The molecule has 38 heavy (non-hydrogen) atoms. The molecular formula is C29H34ClN3O4S. The van der Waals surface area contributed by atoms with Gasteiger partial charge < -0.3 is 10.2 Å². The average Bonchev–Trinajstić information content (AvgIpc) is 2.85. The summed E-state index contributed by atoms with van der Waals surface area (Å²) in [6.07, 6.45) is 0. The van der Waals surface area contributed by atoms with E-state index in [1.54, 1.807) is 73.7 Å². The van der Waals surface area contributed by atoms with Gasteiger partial charge in [-0.3, -0.25) is 13.9 Å². The third-order valence-corrected chi connectivity index (χ3v) is 7.86. The zero-order chi connectivity index (χ0) is 28.1. The number of carbonyl (C=O) groups is 2. The summed E-state index contributed by atoms with van der Waals surface area (Å²) in [7, 11) is -4.09. The first kappa shape index (κ1) is 29.2. The zero-order valence-electron chi connectivity index (χ0n) is 22.3. The van der Waals surface area contributed by atoms with Gasteiger partial charge in [0.15, 0.2) is 0 Å². The lowest BCUT2D eigenvalue weighted by Gasteiger charge is -2.33. The highest BCUT2D eigenvalue weighted by atomic mass is 35.5. The normalized spacial score (nSPS) is 12.5. The predicted octanol–water partition coefficient (Wildman–Crippen LogP) is 5.18. The van der Waals surface area contributed by atoms with Crippen LogP contribution in [0.1, 0.15) is 38.8 Å². The fourth-order valence-corrected chi connectivity index (χ4v) is 5.50. The molecule has 3 aromatic rings. The van der Waals surface area contributed by atoms with E-state index in [1.165, 1.54) is 17.0 Å². The maximum absolute atomic E-state index is 13.9. The Kier molecular flexibility index (Phi) is 9.22. The molecule has 1 atom stereocenters. The van der Waals surface area contributed by atoms with Crippen LogP contribution in [0.3, 0.4) is 0 Å². The Morgan fingerprint density at radius 2 is 1.58 bits per heavy atom. The summed E-state index contributed by atoms with van der Waals surface area (Å²) in [5.41, 5.74) is 1.50. The molecule has 7 nitrogen and oxygen atoms in total. The van der Waals surface area contributed by atoms with Crippen LogP contribution in [0.2, 0.25) is 5.02 Å². The summed E-state index contributed by atoms with van der Waals surface area (Å²) < 4.78 is 28.5. The van der Waals surface area contributed by atoms with Crippen LogP contribution in [-0.2, 0) is 26.2 Å². The van der Waals surface area contributed by atoms with Crippen molar-refractivity contribution in [2.24, 2.45) is 0 Å². The first-order valence-corrected chi connectivity index (χ1v) is 14.1. The Labute approximate surface area is 230 Å². The van der Waals surface area contributed by atoms with E-state index in [0.29, 0.717) is 16.3 Å². The molecule has 3 aromatic carbocycles. The highest BCUT2D eigenvalue weighted by molar-refractivity contribution is 7.92. The van der Waals surface area contributed by atoms with Crippen molar-refractivity contribution in [3.8, 4) is 0 Å². The summed E-state index contributed by atoms with van der Waals surface area (Å²) in [6.45, 7) is 8.67. The van der Waals surface area contributed by atoms with Crippen molar-refractivity contribution in [1.82, 2.24) is 10.2 Å². The maximum atomic E-state index is 13.9. The van der Waals surface area contributed by atoms with E-state index >= 15 is 0 Å². The SMILES string of the molecule is Cc1ccc(N(CC(=O)N(Cc2cccc(Cl)c2)C(C)C(=O)NC(C)(C)C)S(=O)(=O)c2ccccc2)cc1. The lowest BCUT2D eigenvalue weighted by Crippen LogP contribution is -2.54. The standard InChI is InChI=1S/C29H34ClN3O4S/c1-21-14-16-25(17-15-21)33(38(36,37)26-12-7-6-8-13-26)20-27(34)32(19-23-10-9-11-24(30)18-23)22(2)28(35)31-29(3,4)5/h6-18,22H,19-20H2,1-5H3,(H,31,35). The number of nitrogens with one attached hydrogen (secondary N) is 1. The summed E-state index contributed by atoms with van der Waals surface area (Å²) in [6, 6.07) is 21.0. The molecule has 1 unspecified atom stereocenters. The minimum absolute atomic E-state index is 0.0632. The lowest BCUT2D eigenvalue weighted by molar-refractivity contribution is -0.140. The summed E-state index contributed by atoms with van der Waals surface area (Å²) in [5, 5.41) is 3.40. The van der Waals surface area contributed by atoms with Crippen molar-refractivity contribution in [3.63, 3.8) is 0 Å². The molecule has 202 valence electrons. The summed E-state index contributed by atoms with van der Waals surface area (Å²) >= 11 is 6.17. The molecule has 3 rings (SSSR count). The highest BCUT2D eigenvalue weighted by Crippen LogP contribution is 2.25. The van der Waals surface area contributed by atoms with Crippen molar-refractivity contribution in [3.05, 3.63) is 95.0 Å². The average molecular weight is 556 g/mol. The van der Waals surface area contributed by atoms with Gasteiger partial charge in [0, 0.05) is 17.1 Å². The van der Waals surface area contributed by atoms with Gasteiger partial charge in [-0.15, -0.1) is 0 Å². The number of halogens is 1. The van der Waals surface area contributed by atoms with E-state index in [1.807, 2.05) is 27.7 Å². The molecule has 0 aliphatic heterocycles. The second-order valence-electron chi connectivity index (χ2n) is 10.2. The smallest absolute Gasteiger partial charge is 0.264 e. The summed E-state index contributed by atoms with van der Waals surface area (Å²) in [5.74, 6) is -0.873. The van der Waals surface area contributed by atoms with E-state index in [2.05, 4.69) is 5.32 Å². The van der Waals surface area contributed by atoms with Crippen molar-refractivity contribution < 1.29 is 18.0 Å². The predicted molar refractivity (Wildman–Crippen MR) is 152 cm³/mol. The first-order chi connectivity index (χ1) is 17.8. The topological polar surface area (TPSA) is 86.8 Å². The molecule has 0 aliphatic rings. The minimum Gasteiger partial charge on any atom is -0.350 e. The molecule has 0 fully saturated rings. The molecule has 0 saturated carbocycles. The third kappa shape index (κ3) is 7.58. The second-order valence-corrected chi connectivity index (χ2v) is 12.5. The molecule has 0 spiro atoms. The number of sulfonamides is 1. The zero-order valence-corrected chi connectivity index (χ0v) is 23.9. The van der Waals surface area contributed by atoms with Gasteiger partial charge in [-0.25, -0.2) is 8.42 Å². The van der Waals surface area contributed by atoms with E-state index in [4.69, 9.17) is 11.6 Å². The third-order valence-electron chi connectivity index (χ3n) is 5.84. The highest BCUT2D eigenvalue weighted by Gasteiger charge is 2.33. The number of rotatable bonds is 9. The van der Waals surface area contributed by atoms with Gasteiger partial charge in [-0.2, -0.15) is 0 Å². The number of carbonyl (C=O) groups excluding carboxylic acids is 2. The van der Waals surface area contributed by atoms with Gasteiger partial charge >= 0.3 is 0 Å². The van der Waals surface area contributed by atoms with Crippen LogP contribution in [0.4, 0.5) is 5.69 Å². The van der Waals surface area contributed by atoms with Crippen LogP contribution in [0.5, 0.6) is 0 Å². The summed E-state index contributed by atoms with van der Waals surface area (Å²) in [4.78, 5) is 28.4. The molecule has 0 heterocycles. The Bertz CT molecular complexity index is 1370. The van der Waals surface area contributed by atoms with Crippen LogP contribution in [0.25, 0.3) is 0 Å². The number of nitrogens with zero attached hydrogens (tertiary/aromatic N) is 2. The van der Waals surface area contributed by atoms with Gasteiger partial charge in [-0.1, -0.05) is 59.6 Å². The van der Waals surface area contributed by atoms with E-state index in [9.17, 15) is 18.0 Å². The molecule has 9 heteroatoms. The molecule has 0 radical (unpaired) electrons. The molecular weight excluding hydrogens is 522 g/mol. The van der Waals surface area contributed by atoms with Crippen LogP contribution in [-0.4, -0.2) is 43.3 Å². The van der Waals surface area contributed by atoms with Gasteiger partial charge in [0.25, 0.3) is 10.0 Å². The van der Waals surface area contributed by atoms with Gasteiger partial charge in [-0.05, 0) is 76.6 Å². The monoisotopic (exact) mass is 555 g/mol. The minimum atomic E-state index is -4.09.